The van der Waals surface area contributed by atoms with Gasteiger partial charge in [-0.1, -0.05) is 11.6 Å². The van der Waals surface area contributed by atoms with Gasteiger partial charge < -0.3 is 9.72 Å². The molecule has 1 aliphatic heterocycles. The molecule has 0 amide bonds. The molecule has 1 atom stereocenters. The summed E-state index contributed by atoms with van der Waals surface area (Å²) in [5.41, 5.74) is 2.03. The van der Waals surface area contributed by atoms with Gasteiger partial charge >= 0.3 is 0 Å². The van der Waals surface area contributed by atoms with Crippen molar-refractivity contribution in [3.05, 3.63) is 29.0 Å². The molecule has 0 saturated carbocycles. The molecule has 5 heteroatoms. The van der Waals surface area contributed by atoms with E-state index in [-0.39, 0.29) is 0 Å². The van der Waals surface area contributed by atoms with Crippen molar-refractivity contribution in [3.8, 4) is 0 Å². The third-order valence-corrected chi connectivity index (χ3v) is 4.42. The Labute approximate surface area is 130 Å². The zero-order valence-corrected chi connectivity index (χ0v) is 13.2. The molecule has 1 saturated heterocycles. The van der Waals surface area contributed by atoms with E-state index in [1.54, 1.807) is 7.11 Å². The van der Waals surface area contributed by atoms with Crippen LogP contribution in [0.15, 0.2) is 18.2 Å². The van der Waals surface area contributed by atoms with Gasteiger partial charge in [-0.2, -0.15) is 0 Å². The van der Waals surface area contributed by atoms with Crippen LogP contribution in [0.3, 0.4) is 0 Å². The highest BCUT2D eigenvalue weighted by atomic mass is 35.5. The van der Waals surface area contributed by atoms with Crippen molar-refractivity contribution in [3.63, 3.8) is 0 Å². The molecule has 114 valence electrons. The summed E-state index contributed by atoms with van der Waals surface area (Å²) in [5.74, 6) is 1.08. The van der Waals surface area contributed by atoms with Crippen molar-refractivity contribution in [2.75, 3.05) is 26.8 Å². The molecule has 0 bridgehead atoms. The van der Waals surface area contributed by atoms with Crippen molar-refractivity contribution in [2.24, 2.45) is 0 Å². The molecule has 21 heavy (non-hydrogen) atoms. The molecular weight excluding hydrogens is 286 g/mol. The SMILES string of the molecule is COCCCCN1CCCC1c1nc2ccc(Cl)cc2[nH]1. The zero-order chi connectivity index (χ0) is 14.7. The van der Waals surface area contributed by atoms with Crippen LogP contribution in [0.25, 0.3) is 11.0 Å². The van der Waals surface area contributed by atoms with Crippen LogP contribution in [-0.4, -0.2) is 41.7 Å². The Balaban J connectivity index is 1.70. The minimum atomic E-state index is 0.415. The third kappa shape index (κ3) is 3.39. The van der Waals surface area contributed by atoms with E-state index in [2.05, 4.69) is 9.88 Å². The Morgan fingerprint density at radius 2 is 2.33 bits per heavy atom. The third-order valence-electron chi connectivity index (χ3n) is 4.19. The van der Waals surface area contributed by atoms with Crippen LogP contribution in [-0.2, 0) is 4.74 Å². The first-order valence-corrected chi connectivity index (χ1v) is 8.04. The number of aromatic nitrogens is 2. The average molecular weight is 308 g/mol. The van der Waals surface area contributed by atoms with E-state index in [0.717, 1.165) is 48.0 Å². The van der Waals surface area contributed by atoms with E-state index >= 15 is 0 Å². The molecule has 4 nitrogen and oxygen atoms in total. The summed E-state index contributed by atoms with van der Waals surface area (Å²) in [6.07, 6.45) is 4.72. The average Bonchev–Trinajstić information content (AvgIpc) is 3.08. The summed E-state index contributed by atoms with van der Waals surface area (Å²) in [6, 6.07) is 6.24. The smallest absolute Gasteiger partial charge is 0.124 e. The molecule has 1 aromatic heterocycles. The molecule has 0 spiro atoms. The van der Waals surface area contributed by atoms with E-state index in [9.17, 15) is 0 Å². The first-order chi connectivity index (χ1) is 10.3. The number of nitrogens with one attached hydrogen (secondary N) is 1. The summed E-state index contributed by atoms with van der Waals surface area (Å²) in [4.78, 5) is 10.7. The maximum Gasteiger partial charge on any atom is 0.124 e. The van der Waals surface area contributed by atoms with Gasteiger partial charge in [-0.25, -0.2) is 4.98 Å². The normalized spacial score (nSPS) is 19.6. The highest BCUT2D eigenvalue weighted by Crippen LogP contribution is 2.31. The van der Waals surface area contributed by atoms with Crippen LogP contribution in [0, 0.1) is 0 Å². The fourth-order valence-corrected chi connectivity index (χ4v) is 3.30. The number of fused-ring (bicyclic) bond motifs is 1. The predicted octanol–water partition coefficient (Wildman–Crippen LogP) is 3.78. The Bertz CT molecular complexity index is 598. The zero-order valence-electron chi connectivity index (χ0n) is 12.4. The molecule has 1 aliphatic rings. The molecule has 2 heterocycles. The summed E-state index contributed by atoms with van der Waals surface area (Å²) >= 11 is 6.04. The minimum Gasteiger partial charge on any atom is -0.385 e. The molecule has 1 N–H and O–H groups in total. The highest BCUT2D eigenvalue weighted by Gasteiger charge is 2.27. The fraction of sp³-hybridized carbons (Fsp3) is 0.562. The summed E-state index contributed by atoms with van der Waals surface area (Å²) < 4.78 is 5.12. The Hall–Kier alpha value is -1.10. The van der Waals surface area contributed by atoms with Crippen LogP contribution in [0.2, 0.25) is 5.02 Å². The number of aromatic amines is 1. The van der Waals surface area contributed by atoms with Gasteiger partial charge in [0.1, 0.15) is 5.82 Å². The fourth-order valence-electron chi connectivity index (χ4n) is 3.12. The highest BCUT2D eigenvalue weighted by molar-refractivity contribution is 6.31. The quantitative estimate of drug-likeness (QED) is 0.826. The Kier molecular flexibility index (Phi) is 4.78. The van der Waals surface area contributed by atoms with Gasteiger partial charge in [-0.15, -0.1) is 0 Å². The number of imidazole rings is 1. The van der Waals surface area contributed by atoms with Crippen LogP contribution >= 0.6 is 11.6 Å². The molecular formula is C16H22ClN3O. The molecule has 3 rings (SSSR count). The topological polar surface area (TPSA) is 41.1 Å². The monoisotopic (exact) mass is 307 g/mol. The van der Waals surface area contributed by atoms with Gasteiger partial charge in [0, 0.05) is 18.7 Å². The van der Waals surface area contributed by atoms with Gasteiger partial charge in [0.25, 0.3) is 0 Å². The standard InChI is InChI=1S/C16H22ClN3O/c1-21-10-3-2-8-20-9-4-5-15(20)16-18-13-7-6-12(17)11-14(13)19-16/h6-7,11,15H,2-5,8-10H2,1H3,(H,18,19). The largest absolute Gasteiger partial charge is 0.385 e. The summed E-state index contributed by atoms with van der Waals surface area (Å²) in [5, 5.41) is 0.751. The van der Waals surface area contributed by atoms with Crippen molar-refractivity contribution < 1.29 is 4.74 Å². The maximum atomic E-state index is 6.04. The first-order valence-electron chi connectivity index (χ1n) is 7.66. The first kappa shape index (κ1) is 14.8. The summed E-state index contributed by atoms with van der Waals surface area (Å²) in [7, 11) is 1.76. The van der Waals surface area contributed by atoms with Crippen LogP contribution in [0.5, 0.6) is 0 Å². The van der Waals surface area contributed by atoms with Crippen LogP contribution in [0.4, 0.5) is 0 Å². The second-order valence-corrected chi connectivity index (χ2v) is 6.11. The number of methoxy groups -OCH3 is 1. The lowest BCUT2D eigenvalue weighted by molar-refractivity contribution is 0.180. The Morgan fingerprint density at radius 3 is 3.19 bits per heavy atom. The lowest BCUT2D eigenvalue weighted by atomic mass is 10.2. The van der Waals surface area contributed by atoms with Gasteiger partial charge in [0.15, 0.2) is 0 Å². The van der Waals surface area contributed by atoms with Gasteiger partial charge in [0.05, 0.1) is 17.1 Å². The number of nitrogens with zero attached hydrogens (tertiary/aromatic N) is 2. The van der Waals surface area contributed by atoms with Gasteiger partial charge in [-0.05, 0) is 57.0 Å². The number of hydrogen-bond donors (Lipinski definition) is 1. The van der Waals surface area contributed by atoms with Gasteiger partial charge in [0.2, 0.25) is 0 Å². The number of likely N-dealkylation sites (tertiary alicyclic amines) is 1. The number of hydrogen-bond acceptors (Lipinski definition) is 3. The molecule has 1 fully saturated rings. The van der Waals surface area contributed by atoms with Crippen molar-refractivity contribution >= 4 is 22.6 Å². The van der Waals surface area contributed by atoms with E-state index in [0.29, 0.717) is 6.04 Å². The second-order valence-electron chi connectivity index (χ2n) is 5.68. The molecule has 2 aromatic rings. The van der Waals surface area contributed by atoms with Crippen molar-refractivity contribution in [1.82, 2.24) is 14.9 Å². The Morgan fingerprint density at radius 1 is 1.43 bits per heavy atom. The van der Waals surface area contributed by atoms with Crippen molar-refractivity contribution in [1.29, 1.82) is 0 Å². The maximum absolute atomic E-state index is 6.04. The summed E-state index contributed by atoms with van der Waals surface area (Å²) in [6.45, 7) is 3.13. The van der Waals surface area contributed by atoms with Crippen molar-refractivity contribution in [2.45, 2.75) is 31.7 Å². The lowest BCUT2D eigenvalue weighted by Crippen LogP contribution is -2.25. The van der Waals surface area contributed by atoms with Crippen LogP contribution in [0.1, 0.15) is 37.5 Å². The van der Waals surface area contributed by atoms with Crippen LogP contribution < -0.4 is 0 Å². The molecule has 0 radical (unpaired) electrons. The van der Waals surface area contributed by atoms with E-state index in [1.807, 2.05) is 18.2 Å². The van der Waals surface area contributed by atoms with E-state index in [1.165, 1.54) is 19.3 Å². The van der Waals surface area contributed by atoms with Gasteiger partial charge in [-0.3, -0.25) is 4.90 Å². The molecule has 1 unspecified atom stereocenters. The second kappa shape index (κ2) is 6.77. The lowest BCUT2D eigenvalue weighted by Gasteiger charge is -2.22. The number of H-pyrrole nitrogens is 1. The number of ether oxygens (including phenoxy) is 1. The number of rotatable bonds is 6. The molecule has 1 aromatic carbocycles. The predicted molar refractivity (Wildman–Crippen MR) is 85.8 cm³/mol. The minimum absolute atomic E-state index is 0.415. The number of halogens is 1. The van der Waals surface area contributed by atoms with E-state index < -0.39 is 0 Å². The number of benzene rings is 1. The molecule has 0 aliphatic carbocycles. The van der Waals surface area contributed by atoms with E-state index in [4.69, 9.17) is 21.3 Å². The number of unbranched alkanes of at least 4 members (excludes halogenated alkanes) is 1.